The number of hydrogen-bond donors (Lipinski definition) is 1. The smallest absolute Gasteiger partial charge is 0.249 e. The van der Waals surface area contributed by atoms with Gasteiger partial charge in [-0.1, -0.05) is 11.6 Å². The van der Waals surface area contributed by atoms with Gasteiger partial charge in [0.2, 0.25) is 5.91 Å². The number of halogens is 1. The molecule has 0 aliphatic carbocycles. The summed E-state index contributed by atoms with van der Waals surface area (Å²) < 4.78 is 1.76. The molecule has 4 rings (SSSR count). The lowest BCUT2D eigenvalue weighted by Crippen LogP contribution is -2.33. The Balaban J connectivity index is 1.57. The van der Waals surface area contributed by atoms with Gasteiger partial charge in [0.05, 0.1) is 5.69 Å². The highest BCUT2D eigenvalue weighted by atomic mass is 35.5. The number of hydrogen-bond acceptors (Lipinski definition) is 4. The molecule has 1 aliphatic rings. The van der Waals surface area contributed by atoms with E-state index in [0.717, 1.165) is 23.3 Å². The first-order chi connectivity index (χ1) is 11.6. The van der Waals surface area contributed by atoms with Crippen LogP contribution in [0.1, 0.15) is 12.1 Å². The minimum absolute atomic E-state index is 0.0392. The molecular formula is C17H16ClN5O. The second-order valence-corrected chi connectivity index (χ2v) is 6.28. The Hall–Kier alpha value is -2.60. The molecule has 0 bridgehead atoms. The van der Waals surface area contributed by atoms with Crippen LogP contribution in [0.15, 0.2) is 42.7 Å². The van der Waals surface area contributed by atoms with Crippen LogP contribution < -0.4 is 10.2 Å². The van der Waals surface area contributed by atoms with Gasteiger partial charge in [-0.3, -0.25) is 4.79 Å². The summed E-state index contributed by atoms with van der Waals surface area (Å²) in [5.74, 6) is 0.715. The van der Waals surface area contributed by atoms with Gasteiger partial charge in [-0.2, -0.15) is 5.10 Å². The molecule has 0 radical (unpaired) electrons. The van der Waals surface area contributed by atoms with Crippen LogP contribution in [0, 0.1) is 6.92 Å². The number of rotatable bonds is 3. The van der Waals surface area contributed by atoms with Crippen LogP contribution in [-0.4, -0.2) is 33.1 Å². The molecule has 7 heteroatoms. The summed E-state index contributed by atoms with van der Waals surface area (Å²) in [6.07, 6.45) is 4.19. The van der Waals surface area contributed by atoms with E-state index >= 15 is 0 Å². The van der Waals surface area contributed by atoms with E-state index < -0.39 is 0 Å². The van der Waals surface area contributed by atoms with E-state index in [1.54, 1.807) is 33.9 Å². The molecule has 122 valence electrons. The van der Waals surface area contributed by atoms with Crippen molar-refractivity contribution in [2.75, 3.05) is 16.8 Å². The first kappa shape index (κ1) is 15.0. The molecular weight excluding hydrogens is 326 g/mol. The van der Waals surface area contributed by atoms with Crippen molar-refractivity contribution in [2.24, 2.45) is 0 Å². The van der Waals surface area contributed by atoms with Crippen LogP contribution in [0.25, 0.3) is 5.52 Å². The van der Waals surface area contributed by atoms with Crippen molar-refractivity contribution in [1.82, 2.24) is 14.6 Å². The molecule has 1 atom stereocenters. The van der Waals surface area contributed by atoms with Crippen LogP contribution in [0.3, 0.4) is 0 Å². The Kier molecular flexibility index (Phi) is 3.61. The van der Waals surface area contributed by atoms with E-state index in [9.17, 15) is 4.79 Å². The number of amides is 1. The van der Waals surface area contributed by atoms with Gasteiger partial charge in [-0.25, -0.2) is 9.50 Å². The minimum atomic E-state index is -0.297. The molecule has 0 spiro atoms. The van der Waals surface area contributed by atoms with E-state index in [1.165, 1.54) is 0 Å². The standard InChI is InChI=1S/C17H16ClN5O/c1-11-10-15-16(19-7-9-23(15)21-11)20-14-6-8-22(17(14)24)13-4-2-12(18)3-5-13/h2-5,7,9-10,14H,6,8H2,1H3,(H,19,20). The predicted molar refractivity (Wildman–Crippen MR) is 93.6 cm³/mol. The summed E-state index contributed by atoms with van der Waals surface area (Å²) in [5.41, 5.74) is 2.64. The lowest BCUT2D eigenvalue weighted by Gasteiger charge is -2.17. The Morgan fingerprint density at radius 2 is 2.08 bits per heavy atom. The third-order valence-corrected chi connectivity index (χ3v) is 4.42. The van der Waals surface area contributed by atoms with Crippen molar-refractivity contribution in [3.63, 3.8) is 0 Å². The summed E-state index contributed by atoms with van der Waals surface area (Å²) in [7, 11) is 0. The minimum Gasteiger partial charge on any atom is -0.357 e. The van der Waals surface area contributed by atoms with E-state index in [2.05, 4.69) is 15.4 Å². The van der Waals surface area contributed by atoms with Crippen LogP contribution in [-0.2, 0) is 4.79 Å². The van der Waals surface area contributed by atoms with E-state index in [1.807, 2.05) is 25.1 Å². The van der Waals surface area contributed by atoms with Crippen LogP contribution in [0.4, 0.5) is 11.5 Å². The van der Waals surface area contributed by atoms with Crippen LogP contribution >= 0.6 is 11.6 Å². The van der Waals surface area contributed by atoms with Crippen molar-refractivity contribution in [1.29, 1.82) is 0 Å². The Morgan fingerprint density at radius 1 is 1.29 bits per heavy atom. The number of nitrogens with zero attached hydrogens (tertiary/aromatic N) is 4. The third kappa shape index (κ3) is 2.59. The molecule has 1 aliphatic heterocycles. The molecule has 2 aromatic heterocycles. The van der Waals surface area contributed by atoms with E-state index in [0.29, 0.717) is 17.4 Å². The summed E-state index contributed by atoms with van der Waals surface area (Å²) >= 11 is 5.92. The van der Waals surface area contributed by atoms with Gasteiger partial charge in [-0.15, -0.1) is 0 Å². The highest BCUT2D eigenvalue weighted by Gasteiger charge is 2.33. The molecule has 6 nitrogen and oxygen atoms in total. The second kappa shape index (κ2) is 5.79. The van der Waals surface area contributed by atoms with Crippen molar-refractivity contribution >= 4 is 34.5 Å². The maximum atomic E-state index is 12.7. The molecule has 3 heterocycles. The summed E-state index contributed by atoms with van der Waals surface area (Å²) in [5, 5.41) is 8.30. The molecule has 1 saturated heterocycles. The van der Waals surface area contributed by atoms with Crippen LogP contribution in [0.5, 0.6) is 0 Å². The topological polar surface area (TPSA) is 62.5 Å². The average molecular weight is 342 g/mol. The first-order valence-corrected chi connectivity index (χ1v) is 8.14. The average Bonchev–Trinajstić information content (AvgIpc) is 3.12. The van der Waals surface area contributed by atoms with Crippen molar-refractivity contribution in [3.8, 4) is 0 Å². The molecule has 1 amide bonds. The largest absolute Gasteiger partial charge is 0.357 e. The molecule has 24 heavy (non-hydrogen) atoms. The summed E-state index contributed by atoms with van der Waals surface area (Å²) in [4.78, 5) is 18.9. The zero-order valence-corrected chi connectivity index (χ0v) is 13.9. The number of fused-ring (bicyclic) bond motifs is 1. The molecule has 3 aromatic rings. The second-order valence-electron chi connectivity index (χ2n) is 5.84. The lowest BCUT2D eigenvalue weighted by molar-refractivity contribution is -0.117. The van der Waals surface area contributed by atoms with Gasteiger partial charge in [0.25, 0.3) is 0 Å². The zero-order valence-electron chi connectivity index (χ0n) is 13.1. The van der Waals surface area contributed by atoms with Crippen molar-refractivity contribution in [2.45, 2.75) is 19.4 Å². The number of benzene rings is 1. The molecule has 1 N–H and O–H groups in total. The van der Waals surface area contributed by atoms with Crippen molar-refractivity contribution in [3.05, 3.63) is 53.4 Å². The van der Waals surface area contributed by atoms with Crippen molar-refractivity contribution < 1.29 is 4.79 Å². The summed E-state index contributed by atoms with van der Waals surface area (Å²) in [6, 6.07) is 8.97. The van der Waals surface area contributed by atoms with Gasteiger partial charge < -0.3 is 10.2 Å². The van der Waals surface area contributed by atoms with Gasteiger partial charge in [0.15, 0.2) is 5.82 Å². The lowest BCUT2D eigenvalue weighted by atomic mass is 10.2. The maximum Gasteiger partial charge on any atom is 0.249 e. The normalized spacial score (nSPS) is 17.7. The Labute approximate surface area is 144 Å². The first-order valence-electron chi connectivity index (χ1n) is 7.76. The maximum absolute atomic E-state index is 12.7. The SMILES string of the molecule is Cc1cc2c(NC3CCN(c4ccc(Cl)cc4)C3=O)nccn2n1. The molecule has 1 aromatic carbocycles. The predicted octanol–water partition coefficient (Wildman–Crippen LogP) is 2.91. The summed E-state index contributed by atoms with van der Waals surface area (Å²) in [6.45, 7) is 2.60. The number of aromatic nitrogens is 3. The fourth-order valence-electron chi connectivity index (χ4n) is 3.01. The number of aryl methyl sites for hydroxylation is 1. The molecule has 1 fully saturated rings. The zero-order chi connectivity index (χ0) is 16.7. The van der Waals surface area contributed by atoms with E-state index in [4.69, 9.17) is 11.6 Å². The number of carbonyl (C=O) groups is 1. The van der Waals surface area contributed by atoms with Crippen LogP contribution in [0.2, 0.25) is 5.02 Å². The third-order valence-electron chi connectivity index (χ3n) is 4.17. The highest BCUT2D eigenvalue weighted by Crippen LogP contribution is 2.25. The monoisotopic (exact) mass is 341 g/mol. The van der Waals surface area contributed by atoms with Gasteiger partial charge in [0, 0.05) is 29.6 Å². The Morgan fingerprint density at radius 3 is 2.88 bits per heavy atom. The fraction of sp³-hybridized carbons (Fsp3) is 0.235. The quantitative estimate of drug-likeness (QED) is 0.795. The van der Waals surface area contributed by atoms with Gasteiger partial charge in [-0.05, 0) is 43.7 Å². The fourth-order valence-corrected chi connectivity index (χ4v) is 3.14. The molecule has 1 unspecified atom stereocenters. The number of anilines is 2. The number of carbonyl (C=O) groups excluding carboxylic acids is 1. The van der Waals surface area contributed by atoms with Gasteiger partial charge in [0.1, 0.15) is 11.6 Å². The molecule has 0 saturated carbocycles. The highest BCUT2D eigenvalue weighted by molar-refractivity contribution is 6.30. The number of nitrogens with one attached hydrogen (secondary N) is 1. The van der Waals surface area contributed by atoms with Gasteiger partial charge >= 0.3 is 0 Å². The Bertz CT molecular complexity index is 905. The van der Waals surface area contributed by atoms with E-state index in [-0.39, 0.29) is 11.9 Å².